The van der Waals surface area contributed by atoms with E-state index in [1.54, 1.807) is 17.0 Å². The maximum absolute atomic E-state index is 13.0. The van der Waals surface area contributed by atoms with E-state index in [2.05, 4.69) is 0 Å². The minimum Gasteiger partial charge on any atom is -0.375 e. The number of rotatable bonds is 5. The quantitative estimate of drug-likeness (QED) is 0.823. The van der Waals surface area contributed by atoms with E-state index in [9.17, 15) is 14.7 Å². The highest BCUT2D eigenvalue weighted by Gasteiger charge is 2.50. The molecule has 1 atom stereocenters. The number of para-hydroxylation sites is 1. The number of hydrogen-bond acceptors (Lipinski definition) is 3. The number of ketones is 1. The first-order valence-corrected chi connectivity index (χ1v) is 9.83. The Bertz CT molecular complexity index is 904. The highest BCUT2D eigenvalue weighted by molar-refractivity contribution is 6.10. The average Bonchev–Trinajstić information content (AvgIpc) is 2.90. The van der Waals surface area contributed by atoms with Crippen LogP contribution in [-0.2, 0) is 23.2 Å². The molecule has 1 heterocycles. The van der Waals surface area contributed by atoms with Crippen molar-refractivity contribution in [2.75, 3.05) is 11.4 Å². The predicted molar refractivity (Wildman–Crippen MR) is 105 cm³/mol. The number of fused-ring (bicyclic) bond motifs is 2. The fourth-order valence-electron chi connectivity index (χ4n) is 4.36. The van der Waals surface area contributed by atoms with Crippen molar-refractivity contribution in [2.45, 2.75) is 51.0 Å². The molecule has 140 valence electrons. The van der Waals surface area contributed by atoms with Crippen LogP contribution in [0.2, 0.25) is 0 Å². The van der Waals surface area contributed by atoms with Crippen molar-refractivity contribution in [3.63, 3.8) is 0 Å². The minimum atomic E-state index is -1.78. The van der Waals surface area contributed by atoms with Crippen LogP contribution in [0, 0.1) is 0 Å². The van der Waals surface area contributed by atoms with Crippen LogP contribution in [-0.4, -0.2) is 23.3 Å². The van der Waals surface area contributed by atoms with Crippen LogP contribution in [0.3, 0.4) is 0 Å². The summed E-state index contributed by atoms with van der Waals surface area (Å²) in [6.07, 6.45) is 4.96. The zero-order valence-electron chi connectivity index (χ0n) is 15.7. The lowest BCUT2D eigenvalue weighted by Crippen LogP contribution is -2.42. The summed E-state index contributed by atoms with van der Waals surface area (Å²) in [6, 6.07) is 13.1. The van der Waals surface area contributed by atoms with Gasteiger partial charge in [-0.25, -0.2) is 0 Å². The van der Waals surface area contributed by atoms with Gasteiger partial charge < -0.3 is 10.0 Å². The molecule has 1 amide bonds. The smallest absolute Gasteiger partial charge is 0.264 e. The van der Waals surface area contributed by atoms with Crippen molar-refractivity contribution < 1.29 is 14.7 Å². The number of nitrogens with zero attached hydrogens (tertiary/aromatic N) is 1. The Balaban J connectivity index is 1.65. The summed E-state index contributed by atoms with van der Waals surface area (Å²) in [5.74, 6) is -0.579. The van der Waals surface area contributed by atoms with Crippen LogP contribution in [0.5, 0.6) is 0 Å². The van der Waals surface area contributed by atoms with E-state index >= 15 is 0 Å². The molecular formula is C23H25NO3. The van der Waals surface area contributed by atoms with Gasteiger partial charge in [-0.05, 0) is 55.4 Å². The summed E-state index contributed by atoms with van der Waals surface area (Å²) in [7, 11) is 0. The second kappa shape index (κ2) is 6.93. The predicted octanol–water partition coefficient (Wildman–Crippen LogP) is 3.78. The van der Waals surface area contributed by atoms with E-state index in [-0.39, 0.29) is 12.2 Å². The van der Waals surface area contributed by atoms with E-state index in [1.165, 1.54) is 17.5 Å². The first-order valence-electron chi connectivity index (χ1n) is 9.83. The van der Waals surface area contributed by atoms with E-state index in [4.69, 9.17) is 0 Å². The summed E-state index contributed by atoms with van der Waals surface area (Å²) in [5.41, 5.74) is 2.60. The Morgan fingerprint density at radius 3 is 2.63 bits per heavy atom. The summed E-state index contributed by atoms with van der Waals surface area (Å²) < 4.78 is 0. The minimum absolute atomic E-state index is 0.188. The third kappa shape index (κ3) is 2.98. The van der Waals surface area contributed by atoms with Crippen molar-refractivity contribution in [3.05, 3.63) is 64.7 Å². The third-order valence-electron chi connectivity index (χ3n) is 5.77. The van der Waals surface area contributed by atoms with Crippen molar-refractivity contribution in [1.29, 1.82) is 0 Å². The molecule has 4 rings (SSSR count). The van der Waals surface area contributed by atoms with Gasteiger partial charge in [0.1, 0.15) is 0 Å². The van der Waals surface area contributed by atoms with Gasteiger partial charge in [0.05, 0.1) is 12.1 Å². The van der Waals surface area contributed by atoms with E-state index in [1.807, 2.05) is 37.3 Å². The first-order chi connectivity index (χ1) is 13.0. The lowest BCUT2D eigenvalue weighted by molar-refractivity contribution is -0.135. The zero-order valence-corrected chi connectivity index (χ0v) is 15.7. The Morgan fingerprint density at radius 1 is 1.11 bits per heavy atom. The van der Waals surface area contributed by atoms with Gasteiger partial charge in [0, 0.05) is 17.7 Å². The molecule has 4 heteroatoms. The molecule has 2 aromatic rings. The van der Waals surface area contributed by atoms with Crippen molar-refractivity contribution in [2.24, 2.45) is 0 Å². The number of carbonyl (C=O) groups excluding carboxylic acids is 2. The molecule has 0 fully saturated rings. The molecule has 27 heavy (non-hydrogen) atoms. The van der Waals surface area contributed by atoms with Crippen LogP contribution in [0.25, 0.3) is 0 Å². The number of carbonyl (C=O) groups is 2. The van der Waals surface area contributed by atoms with Gasteiger partial charge in [0.25, 0.3) is 5.91 Å². The van der Waals surface area contributed by atoms with Gasteiger partial charge in [0.15, 0.2) is 11.4 Å². The molecule has 2 aromatic carbocycles. The Kier molecular flexibility index (Phi) is 4.60. The molecule has 0 unspecified atom stereocenters. The van der Waals surface area contributed by atoms with Crippen molar-refractivity contribution in [1.82, 2.24) is 0 Å². The molecule has 1 aliphatic carbocycles. The molecular weight excluding hydrogens is 338 g/mol. The first kappa shape index (κ1) is 17.9. The van der Waals surface area contributed by atoms with Gasteiger partial charge in [0.2, 0.25) is 0 Å². The highest BCUT2D eigenvalue weighted by Crippen LogP contribution is 2.43. The lowest BCUT2D eigenvalue weighted by Gasteiger charge is -2.23. The number of hydrogen-bond donors (Lipinski definition) is 1. The molecule has 4 nitrogen and oxygen atoms in total. The number of anilines is 1. The Hall–Kier alpha value is -2.46. The Labute approximate surface area is 159 Å². The Morgan fingerprint density at radius 2 is 1.85 bits per heavy atom. The number of Topliss-reactive ketones (excluding diaryl/α,β-unsaturated/α-hetero) is 1. The van der Waals surface area contributed by atoms with Crippen LogP contribution >= 0.6 is 0 Å². The summed E-state index contributed by atoms with van der Waals surface area (Å²) >= 11 is 0. The second-order valence-corrected chi connectivity index (χ2v) is 7.62. The molecule has 0 saturated carbocycles. The van der Waals surface area contributed by atoms with Crippen LogP contribution < -0.4 is 4.90 Å². The second-order valence-electron chi connectivity index (χ2n) is 7.62. The summed E-state index contributed by atoms with van der Waals surface area (Å²) in [4.78, 5) is 27.6. The van der Waals surface area contributed by atoms with E-state index in [0.29, 0.717) is 23.4 Å². The zero-order chi connectivity index (χ0) is 19.0. The number of aliphatic hydroxyl groups is 1. The molecule has 1 N–H and O–H groups in total. The summed E-state index contributed by atoms with van der Waals surface area (Å²) in [6.45, 7) is 2.52. The van der Waals surface area contributed by atoms with Gasteiger partial charge in [-0.3, -0.25) is 9.59 Å². The van der Waals surface area contributed by atoms with Gasteiger partial charge in [-0.15, -0.1) is 0 Å². The molecule has 0 aromatic heterocycles. The van der Waals surface area contributed by atoms with Gasteiger partial charge in [-0.2, -0.15) is 0 Å². The highest BCUT2D eigenvalue weighted by atomic mass is 16.3. The summed E-state index contributed by atoms with van der Waals surface area (Å²) in [5, 5.41) is 11.3. The van der Waals surface area contributed by atoms with E-state index in [0.717, 1.165) is 25.7 Å². The molecule has 0 radical (unpaired) electrons. The molecule has 1 aliphatic heterocycles. The van der Waals surface area contributed by atoms with Crippen molar-refractivity contribution >= 4 is 17.4 Å². The van der Waals surface area contributed by atoms with Crippen molar-refractivity contribution in [3.8, 4) is 0 Å². The fraction of sp³-hybridized carbons (Fsp3) is 0.391. The normalized spacial score (nSPS) is 21.1. The monoisotopic (exact) mass is 363 g/mol. The fourth-order valence-corrected chi connectivity index (χ4v) is 4.36. The maximum atomic E-state index is 13.0. The topological polar surface area (TPSA) is 57.6 Å². The SMILES string of the molecule is CCCN1C(=O)[C@@](O)(CC(=O)c2ccc3c(c2)CCCC3)c2ccccc21. The standard InChI is InChI=1S/C23H25NO3/c1-2-13-24-20-10-6-5-9-19(20)23(27,22(24)26)15-21(25)18-12-11-16-7-3-4-8-17(16)14-18/h5-6,9-12,14,27H,2-4,7-8,13,15H2,1H3/t23-/m1/s1. The number of aryl methyl sites for hydroxylation is 2. The molecule has 0 saturated heterocycles. The van der Waals surface area contributed by atoms with Crippen LogP contribution in [0.15, 0.2) is 42.5 Å². The van der Waals surface area contributed by atoms with Gasteiger partial charge in [-0.1, -0.05) is 37.3 Å². The number of benzene rings is 2. The largest absolute Gasteiger partial charge is 0.375 e. The van der Waals surface area contributed by atoms with Gasteiger partial charge >= 0.3 is 0 Å². The molecule has 2 aliphatic rings. The maximum Gasteiger partial charge on any atom is 0.264 e. The van der Waals surface area contributed by atoms with Crippen LogP contribution in [0.4, 0.5) is 5.69 Å². The number of amides is 1. The molecule has 0 bridgehead atoms. The third-order valence-corrected chi connectivity index (χ3v) is 5.77. The van der Waals surface area contributed by atoms with E-state index < -0.39 is 11.5 Å². The lowest BCUT2D eigenvalue weighted by atomic mass is 9.85. The van der Waals surface area contributed by atoms with Crippen LogP contribution in [0.1, 0.15) is 59.7 Å². The average molecular weight is 363 g/mol. The molecule has 0 spiro atoms.